The van der Waals surface area contributed by atoms with Crippen molar-refractivity contribution in [3.05, 3.63) is 0 Å². The molecule has 0 aromatic carbocycles. The van der Waals surface area contributed by atoms with E-state index in [0.29, 0.717) is 0 Å². The Morgan fingerprint density at radius 1 is 1.62 bits per heavy atom. The summed E-state index contributed by atoms with van der Waals surface area (Å²) in [6.45, 7) is -0.260. The quantitative estimate of drug-likeness (QED) is 0.603. The zero-order chi connectivity index (χ0) is 10.1. The molecule has 0 unspecified atom stereocenters. The highest BCUT2D eigenvalue weighted by atomic mass is 19.4. The first-order chi connectivity index (χ1) is 5.95. The molecule has 0 aromatic heterocycles. The minimum Gasteiger partial charge on any atom is -0.358 e. The number of carbonyl (C=O) groups excluding carboxylic acids is 1. The Bertz CT molecular complexity index is 207. The topological polar surface area (TPSA) is 50.4 Å². The van der Waals surface area contributed by atoms with Crippen molar-refractivity contribution in [3.63, 3.8) is 0 Å². The van der Waals surface area contributed by atoms with Crippen molar-refractivity contribution in [1.29, 1.82) is 0 Å². The van der Waals surface area contributed by atoms with E-state index in [0.717, 1.165) is 0 Å². The van der Waals surface area contributed by atoms with Gasteiger partial charge in [-0.2, -0.15) is 13.2 Å². The van der Waals surface area contributed by atoms with Gasteiger partial charge in [0.1, 0.15) is 6.04 Å². The van der Waals surface area contributed by atoms with E-state index in [1.54, 1.807) is 0 Å². The van der Waals surface area contributed by atoms with Gasteiger partial charge in [-0.3, -0.25) is 10.1 Å². The number of likely N-dealkylation sites (N-methyl/N-ethyl adjacent to an activating group) is 1. The molecule has 0 spiro atoms. The summed E-state index contributed by atoms with van der Waals surface area (Å²) in [5.74, 6) is -0.508. The largest absolute Gasteiger partial charge is 0.428 e. The zero-order valence-electron chi connectivity index (χ0n) is 6.81. The van der Waals surface area contributed by atoms with Crippen LogP contribution in [0.2, 0.25) is 0 Å². The summed E-state index contributed by atoms with van der Waals surface area (Å²) in [6, 6.07) is -0.920. The number of hydrogen-bond donors (Lipinski definition) is 2. The number of hydrogen-bond acceptors (Lipinski definition) is 3. The van der Waals surface area contributed by atoms with Crippen molar-refractivity contribution < 1.29 is 22.7 Å². The Morgan fingerprint density at radius 2 is 2.23 bits per heavy atom. The monoisotopic (exact) mass is 198 g/mol. The first-order valence-electron chi connectivity index (χ1n) is 3.61. The van der Waals surface area contributed by atoms with E-state index in [-0.39, 0.29) is 6.61 Å². The third kappa shape index (κ3) is 2.31. The number of nitrogens with one attached hydrogen (secondary N) is 2. The van der Waals surface area contributed by atoms with Crippen LogP contribution in [-0.2, 0) is 9.53 Å². The van der Waals surface area contributed by atoms with Crippen LogP contribution < -0.4 is 10.6 Å². The van der Waals surface area contributed by atoms with Crippen LogP contribution in [0, 0.1) is 0 Å². The van der Waals surface area contributed by atoms with Crippen molar-refractivity contribution in [2.75, 3.05) is 13.7 Å². The lowest BCUT2D eigenvalue weighted by Gasteiger charge is -2.14. The summed E-state index contributed by atoms with van der Waals surface area (Å²) in [5, 5.41) is 4.25. The highest BCUT2D eigenvalue weighted by molar-refractivity contribution is 5.81. The Balaban J connectivity index is 2.50. The summed E-state index contributed by atoms with van der Waals surface area (Å²) < 4.78 is 40.3. The molecule has 0 radical (unpaired) electrons. The maximum absolute atomic E-state index is 12.0. The van der Waals surface area contributed by atoms with Gasteiger partial charge < -0.3 is 10.1 Å². The highest BCUT2D eigenvalue weighted by Gasteiger charge is 2.46. The predicted octanol–water partition coefficient (Wildman–Crippen LogP) is -0.391. The van der Waals surface area contributed by atoms with Crippen LogP contribution in [0.3, 0.4) is 0 Å². The van der Waals surface area contributed by atoms with Crippen molar-refractivity contribution in [2.24, 2.45) is 0 Å². The number of amides is 1. The molecule has 2 atom stereocenters. The number of rotatable bonds is 1. The van der Waals surface area contributed by atoms with Gasteiger partial charge >= 0.3 is 6.18 Å². The predicted molar refractivity (Wildman–Crippen MR) is 36.8 cm³/mol. The van der Waals surface area contributed by atoms with E-state index in [1.165, 1.54) is 7.05 Å². The molecule has 0 aromatic rings. The van der Waals surface area contributed by atoms with Crippen LogP contribution in [0.15, 0.2) is 0 Å². The molecule has 1 aliphatic rings. The van der Waals surface area contributed by atoms with Gasteiger partial charge in [0, 0.05) is 7.05 Å². The highest BCUT2D eigenvalue weighted by Crippen LogP contribution is 2.24. The van der Waals surface area contributed by atoms with Gasteiger partial charge in [-0.25, -0.2) is 0 Å². The van der Waals surface area contributed by atoms with Crippen LogP contribution in [-0.4, -0.2) is 38.0 Å². The van der Waals surface area contributed by atoms with Gasteiger partial charge in [0.15, 0.2) is 0 Å². The summed E-state index contributed by atoms with van der Waals surface area (Å²) >= 11 is 0. The number of halogens is 3. The Morgan fingerprint density at radius 3 is 2.62 bits per heavy atom. The molecule has 4 nitrogen and oxygen atoms in total. The van der Waals surface area contributed by atoms with Gasteiger partial charge in [-0.1, -0.05) is 0 Å². The average Bonchev–Trinajstić information content (AvgIpc) is 2.50. The van der Waals surface area contributed by atoms with Crippen molar-refractivity contribution in [2.45, 2.75) is 18.4 Å². The molecule has 0 bridgehead atoms. The van der Waals surface area contributed by atoms with Crippen LogP contribution >= 0.6 is 0 Å². The normalized spacial score (nSPS) is 28.9. The average molecular weight is 198 g/mol. The van der Waals surface area contributed by atoms with E-state index in [4.69, 9.17) is 0 Å². The molecule has 0 saturated carbocycles. The minimum atomic E-state index is -4.47. The van der Waals surface area contributed by atoms with Crippen LogP contribution in [0.25, 0.3) is 0 Å². The SMILES string of the molecule is CNC(=O)[C@@H]1CO[C@H](C(F)(F)F)N1. The van der Waals surface area contributed by atoms with E-state index >= 15 is 0 Å². The molecule has 1 amide bonds. The Kier molecular flexibility index (Phi) is 2.77. The molecular weight excluding hydrogens is 189 g/mol. The maximum Gasteiger partial charge on any atom is 0.428 e. The molecule has 1 rings (SSSR count). The molecule has 1 fully saturated rings. The summed E-state index contributed by atoms with van der Waals surface area (Å²) in [6.07, 6.45) is -6.50. The molecule has 1 saturated heterocycles. The van der Waals surface area contributed by atoms with E-state index < -0.39 is 24.4 Å². The molecule has 0 aliphatic carbocycles. The molecule has 2 N–H and O–H groups in total. The third-order valence-electron chi connectivity index (χ3n) is 1.64. The zero-order valence-corrected chi connectivity index (χ0v) is 6.81. The van der Waals surface area contributed by atoms with Crippen molar-refractivity contribution in [1.82, 2.24) is 10.6 Å². The third-order valence-corrected chi connectivity index (χ3v) is 1.64. The summed E-state index contributed by atoms with van der Waals surface area (Å²) in [4.78, 5) is 10.9. The van der Waals surface area contributed by atoms with Crippen LogP contribution in [0.4, 0.5) is 13.2 Å². The Hall–Kier alpha value is -0.820. The molecule has 76 valence electrons. The molecule has 13 heavy (non-hydrogen) atoms. The smallest absolute Gasteiger partial charge is 0.358 e. The van der Waals surface area contributed by atoms with Crippen molar-refractivity contribution in [3.8, 4) is 0 Å². The van der Waals surface area contributed by atoms with Gasteiger partial charge in [0.25, 0.3) is 0 Å². The minimum absolute atomic E-state index is 0.260. The second kappa shape index (κ2) is 3.51. The van der Waals surface area contributed by atoms with Crippen molar-refractivity contribution >= 4 is 5.91 Å². The fraction of sp³-hybridized carbons (Fsp3) is 0.833. The number of ether oxygens (including phenoxy) is 1. The summed E-state index contributed by atoms with van der Waals surface area (Å²) in [5.41, 5.74) is 0. The van der Waals surface area contributed by atoms with Gasteiger partial charge in [-0.05, 0) is 0 Å². The van der Waals surface area contributed by atoms with Gasteiger partial charge in [0.05, 0.1) is 6.61 Å². The first-order valence-corrected chi connectivity index (χ1v) is 3.61. The molecule has 1 heterocycles. The number of carbonyl (C=O) groups is 1. The maximum atomic E-state index is 12.0. The second-order valence-electron chi connectivity index (χ2n) is 2.59. The van der Waals surface area contributed by atoms with Gasteiger partial charge in [-0.15, -0.1) is 0 Å². The van der Waals surface area contributed by atoms with E-state index in [2.05, 4.69) is 10.1 Å². The number of alkyl halides is 3. The van der Waals surface area contributed by atoms with E-state index in [9.17, 15) is 18.0 Å². The standard InChI is InChI=1S/C6H9F3N2O2/c1-10-4(12)3-2-13-5(11-3)6(7,8)9/h3,5,11H,2H2,1H3,(H,10,12)/t3-,5+/m0/s1. The fourth-order valence-corrected chi connectivity index (χ4v) is 0.986. The van der Waals surface area contributed by atoms with Gasteiger partial charge in [0.2, 0.25) is 12.1 Å². The van der Waals surface area contributed by atoms with E-state index in [1.807, 2.05) is 5.32 Å². The van der Waals surface area contributed by atoms with Crippen LogP contribution in [0.5, 0.6) is 0 Å². The fourth-order valence-electron chi connectivity index (χ4n) is 0.986. The first kappa shape index (κ1) is 10.3. The lowest BCUT2D eigenvalue weighted by atomic mass is 10.3. The Labute approximate surface area is 72.4 Å². The molecule has 7 heteroatoms. The second-order valence-corrected chi connectivity index (χ2v) is 2.59. The lowest BCUT2D eigenvalue weighted by molar-refractivity contribution is -0.212. The lowest BCUT2D eigenvalue weighted by Crippen LogP contribution is -2.47. The molecule has 1 aliphatic heterocycles. The molecular formula is C6H9F3N2O2. The summed E-state index contributed by atoms with van der Waals surface area (Å²) in [7, 11) is 1.35. The van der Waals surface area contributed by atoms with Crippen LogP contribution in [0.1, 0.15) is 0 Å².